The van der Waals surface area contributed by atoms with Gasteiger partial charge >= 0.3 is 11.9 Å². The molecule has 0 heterocycles. The third-order valence-corrected chi connectivity index (χ3v) is 12.1. The van der Waals surface area contributed by atoms with Crippen LogP contribution in [-0.2, 0) is 23.8 Å². The van der Waals surface area contributed by atoms with E-state index in [0.717, 1.165) is 103 Å². The van der Waals surface area contributed by atoms with Crippen molar-refractivity contribution in [2.45, 2.75) is 271 Å². The van der Waals surface area contributed by atoms with Crippen LogP contribution in [0.2, 0.25) is 0 Å². The van der Waals surface area contributed by atoms with Crippen LogP contribution in [0.3, 0.4) is 0 Å². The molecule has 0 fully saturated rings. The Hall–Kier alpha value is -3.18. The van der Waals surface area contributed by atoms with E-state index in [-0.39, 0.29) is 25.2 Å². The number of hydrogen-bond donors (Lipinski definition) is 0. The van der Waals surface area contributed by atoms with Crippen LogP contribution in [0.4, 0.5) is 0 Å². The van der Waals surface area contributed by atoms with Crippen LogP contribution < -0.4 is 0 Å². The Labute approximate surface area is 422 Å². The number of hydrogen-bond acceptors (Lipinski definition) is 5. The average molecular weight is 946 g/mol. The summed E-state index contributed by atoms with van der Waals surface area (Å²) in [6.07, 6.45) is 78.6. The first-order valence-electron chi connectivity index (χ1n) is 28.8. The zero-order valence-corrected chi connectivity index (χ0v) is 44.8. The van der Waals surface area contributed by atoms with Crippen LogP contribution in [-0.4, -0.2) is 37.9 Å². The maximum absolute atomic E-state index is 12.8. The number of esters is 2. The first-order valence-corrected chi connectivity index (χ1v) is 28.8. The highest BCUT2D eigenvalue weighted by Crippen LogP contribution is 2.15. The van der Waals surface area contributed by atoms with E-state index in [2.05, 4.69) is 118 Å². The quantitative estimate of drug-likeness (QED) is 0.0345. The van der Waals surface area contributed by atoms with Gasteiger partial charge in [0.2, 0.25) is 0 Å². The zero-order valence-electron chi connectivity index (χ0n) is 44.8. The Morgan fingerprint density at radius 3 is 1.09 bits per heavy atom. The Morgan fingerprint density at radius 2 is 0.662 bits per heavy atom. The van der Waals surface area contributed by atoms with Gasteiger partial charge in [0, 0.05) is 19.4 Å². The molecular weight excluding hydrogens is 837 g/mol. The van der Waals surface area contributed by atoms with E-state index in [1.54, 1.807) is 0 Å². The first-order chi connectivity index (χ1) is 33.6. The van der Waals surface area contributed by atoms with Crippen LogP contribution in [0.15, 0.2) is 97.2 Å². The van der Waals surface area contributed by atoms with E-state index in [4.69, 9.17) is 14.2 Å². The molecule has 0 radical (unpaired) electrons. The largest absolute Gasteiger partial charge is 0.462 e. The van der Waals surface area contributed by atoms with E-state index < -0.39 is 6.10 Å². The third-order valence-electron chi connectivity index (χ3n) is 12.1. The van der Waals surface area contributed by atoms with Crippen molar-refractivity contribution < 1.29 is 23.8 Å². The molecule has 0 aliphatic carbocycles. The molecule has 5 nitrogen and oxygen atoms in total. The number of unbranched alkanes of at least 4 members (excludes halogenated alkanes) is 25. The molecule has 0 amide bonds. The maximum Gasteiger partial charge on any atom is 0.306 e. The van der Waals surface area contributed by atoms with Gasteiger partial charge in [-0.3, -0.25) is 9.59 Å². The molecule has 0 aromatic heterocycles. The molecule has 0 aliphatic heterocycles. The van der Waals surface area contributed by atoms with Gasteiger partial charge in [0.25, 0.3) is 0 Å². The molecule has 0 spiro atoms. The molecule has 0 rings (SSSR count). The number of rotatable bonds is 52. The highest BCUT2D eigenvalue weighted by Gasteiger charge is 2.17. The summed E-state index contributed by atoms with van der Waals surface area (Å²) in [5.41, 5.74) is 0. The van der Waals surface area contributed by atoms with Gasteiger partial charge < -0.3 is 14.2 Å². The van der Waals surface area contributed by atoms with E-state index in [1.165, 1.54) is 128 Å². The molecule has 68 heavy (non-hydrogen) atoms. The molecule has 0 aliphatic rings. The van der Waals surface area contributed by atoms with E-state index in [1.807, 2.05) is 0 Å². The molecule has 0 saturated heterocycles. The van der Waals surface area contributed by atoms with Gasteiger partial charge in [0.05, 0.1) is 6.61 Å². The fourth-order valence-corrected chi connectivity index (χ4v) is 7.90. The summed E-state index contributed by atoms with van der Waals surface area (Å²) in [4.78, 5) is 25.5. The van der Waals surface area contributed by atoms with Gasteiger partial charge in [0.1, 0.15) is 6.61 Å². The van der Waals surface area contributed by atoms with Crippen LogP contribution in [0, 0.1) is 0 Å². The molecule has 390 valence electrons. The molecule has 1 unspecified atom stereocenters. The minimum Gasteiger partial charge on any atom is -0.462 e. The smallest absolute Gasteiger partial charge is 0.306 e. The molecular formula is C63H108O5. The molecule has 5 heteroatoms. The van der Waals surface area contributed by atoms with Gasteiger partial charge in [-0.1, -0.05) is 253 Å². The lowest BCUT2D eigenvalue weighted by molar-refractivity contribution is -0.163. The van der Waals surface area contributed by atoms with Crippen molar-refractivity contribution in [2.75, 3.05) is 19.8 Å². The number of allylic oxidation sites excluding steroid dienone is 16. The summed E-state index contributed by atoms with van der Waals surface area (Å²) in [7, 11) is 0. The highest BCUT2D eigenvalue weighted by molar-refractivity contribution is 5.70. The summed E-state index contributed by atoms with van der Waals surface area (Å²) >= 11 is 0. The summed E-state index contributed by atoms with van der Waals surface area (Å²) in [6, 6.07) is 0. The van der Waals surface area contributed by atoms with Crippen molar-refractivity contribution in [2.24, 2.45) is 0 Å². The normalized spacial score (nSPS) is 12.9. The van der Waals surface area contributed by atoms with Gasteiger partial charge in [-0.05, 0) is 96.3 Å². The molecule has 0 N–H and O–H groups in total. The Balaban J connectivity index is 4.34. The summed E-state index contributed by atoms with van der Waals surface area (Å²) in [6.45, 7) is 7.56. The topological polar surface area (TPSA) is 61.8 Å². The summed E-state index contributed by atoms with van der Waals surface area (Å²) < 4.78 is 17.4. The summed E-state index contributed by atoms with van der Waals surface area (Å²) in [5.74, 6) is -0.446. The van der Waals surface area contributed by atoms with Crippen LogP contribution in [0.5, 0.6) is 0 Å². The van der Waals surface area contributed by atoms with Crippen molar-refractivity contribution in [1.82, 2.24) is 0 Å². The van der Waals surface area contributed by atoms with Crippen LogP contribution in [0.25, 0.3) is 0 Å². The molecule has 0 bridgehead atoms. The van der Waals surface area contributed by atoms with Crippen molar-refractivity contribution in [3.05, 3.63) is 97.2 Å². The fraction of sp³-hybridized carbons (Fsp3) is 0.714. The average Bonchev–Trinajstić information content (AvgIpc) is 3.34. The zero-order chi connectivity index (χ0) is 49.2. The minimum atomic E-state index is -0.568. The number of carbonyl (C=O) groups excluding carboxylic acids is 2. The Morgan fingerprint density at radius 1 is 0.338 bits per heavy atom. The molecule has 0 aromatic carbocycles. The number of carbonyl (C=O) groups is 2. The molecule has 1 atom stereocenters. The molecule has 0 saturated carbocycles. The standard InChI is InChI=1S/C63H108O5/c1-4-7-10-13-16-19-22-25-28-30-31-32-34-37-40-43-46-49-52-55-58-66-59-61(68-63(65)57-54-51-48-45-42-39-35-27-24-21-18-15-12-9-6-3)60-67-62(64)56-53-50-47-44-41-38-36-33-29-26-23-20-17-14-11-8-5-2/h7,9-10,12,16,18-19,21,25,27-28,31-32,35,42,45,61H,4-6,8,11,13-15,17,20,22-24,26,29-30,33-34,36-41,43-44,46-60H2,1-3H3/b10-7-,12-9-,19-16-,21-18-,28-25-,32-31-,35-27-,45-42-. The predicted molar refractivity (Wildman–Crippen MR) is 297 cm³/mol. The highest BCUT2D eigenvalue weighted by atomic mass is 16.6. The van der Waals surface area contributed by atoms with Crippen molar-refractivity contribution >= 4 is 11.9 Å². The van der Waals surface area contributed by atoms with Gasteiger partial charge in [-0.2, -0.15) is 0 Å². The van der Waals surface area contributed by atoms with Crippen molar-refractivity contribution in [3.8, 4) is 0 Å². The lowest BCUT2D eigenvalue weighted by Gasteiger charge is -2.18. The van der Waals surface area contributed by atoms with Gasteiger partial charge in [-0.15, -0.1) is 0 Å². The lowest BCUT2D eigenvalue weighted by Crippen LogP contribution is -2.30. The van der Waals surface area contributed by atoms with Gasteiger partial charge in [-0.25, -0.2) is 0 Å². The monoisotopic (exact) mass is 945 g/mol. The van der Waals surface area contributed by atoms with E-state index in [0.29, 0.717) is 19.4 Å². The van der Waals surface area contributed by atoms with E-state index >= 15 is 0 Å². The maximum atomic E-state index is 12.8. The lowest BCUT2D eigenvalue weighted by atomic mass is 10.0. The number of ether oxygens (including phenoxy) is 3. The van der Waals surface area contributed by atoms with Crippen LogP contribution in [0.1, 0.15) is 265 Å². The first kappa shape index (κ1) is 64.8. The second-order valence-corrected chi connectivity index (χ2v) is 18.8. The second-order valence-electron chi connectivity index (χ2n) is 18.8. The van der Waals surface area contributed by atoms with Crippen molar-refractivity contribution in [1.29, 1.82) is 0 Å². The second kappa shape index (κ2) is 58.1. The SMILES string of the molecule is CC/C=C\C/C=C\C/C=C\C/C=C\CCCCCCCCCOCC(COC(=O)CCCCCCCCCCCCCCCCCCC)OC(=O)CCCC/C=C\C/C=C\C/C=C\C/C=C\CC. The third kappa shape index (κ3) is 55.4. The Bertz CT molecular complexity index is 1300. The fourth-order valence-electron chi connectivity index (χ4n) is 7.90. The summed E-state index contributed by atoms with van der Waals surface area (Å²) in [5, 5.41) is 0. The minimum absolute atomic E-state index is 0.0619. The molecule has 0 aromatic rings. The van der Waals surface area contributed by atoms with Crippen molar-refractivity contribution in [3.63, 3.8) is 0 Å². The predicted octanol–water partition coefficient (Wildman–Crippen LogP) is 19.8. The van der Waals surface area contributed by atoms with Crippen LogP contribution >= 0.6 is 0 Å². The van der Waals surface area contributed by atoms with E-state index in [9.17, 15) is 9.59 Å². The Kier molecular flexibility index (Phi) is 55.4. The van der Waals surface area contributed by atoms with Gasteiger partial charge in [0.15, 0.2) is 6.10 Å².